The summed E-state index contributed by atoms with van der Waals surface area (Å²) in [6.07, 6.45) is -0.139. The van der Waals surface area contributed by atoms with Gasteiger partial charge in [0.25, 0.3) is 5.91 Å². The molecule has 2 rings (SSSR count). The van der Waals surface area contributed by atoms with Crippen LogP contribution in [0.5, 0.6) is 0 Å². The molecule has 2 heterocycles. The van der Waals surface area contributed by atoms with Crippen LogP contribution in [-0.2, 0) is 4.79 Å². The number of carboxylic acid groups (broad SMARTS) is 1. The molecule has 2 aromatic heterocycles. The number of carbonyl (C=O) groups is 2. The van der Waals surface area contributed by atoms with Crippen molar-refractivity contribution in [2.24, 2.45) is 0 Å². The van der Waals surface area contributed by atoms with Gasteiger partial charge in [-0.3, -0.25) is 9.59 Å². The van der Waals surface area contributed by atoms with Crippen molar-refractivity contribution in [1.82, 2.24) is 5.32 Å². The van der Waals surface area contributed by atoms with E-state index in [2.05, 4.69) is 37.2 Å². The molecule has 8 heteroatoms. The molecule has 2 aromatic rings. The summed E-state index contributed by atoms with van der Waals surface area (Å²) in [4.78, 5) is 24.4. The molecule has 0 aliphatic heterocycles. The standard InChI is InChI=1S/C12H9Br2NO3S2/c13-6-4-9(20-11(6)14)12(18)15-7(5-10(16)17)8-2-1-3-19-8/h1-4,7H,5H2,(H,15,18)(H,16,17). The first-order chi connectivity index (χ1) is 9.47. The fraction of sp³-hybridized carbons (Fsp3) is 0.167. The van der Waals surface area contributed by atoms with Crippen LogP contribution in [0.15, 0.2) is 31.8 Å². The van der Waals surface area contributed by atoms with Crippen LogP contribution in [0.4, 0.5) is 0 Å². The van der Waals surface area contributed by atoms with Crippen molar-refractivity contribution in [1.29, 1.82) is 0 Å². The molecule has 0 saturated carbocycles. The zero-order valence-corrected chi connectivity index (χ0v) is 14.7. The first kappa shape index (κ1) is 15.7. The normalized spacial score (nSPS) is 12.1. The molecule has 0 aromatic carbocycles. The molecular weight excluding hydrogens is 430 g/mol. The first-order valence-corrected chi connectivity index (χ1v) is 8.76. The van der Waals surface area contributed by atoms with Gasteiger partial charge in [-0.25, -0.2) is 0 Å². The molecule has 0 fully saturated rings. The number of hydrogen-bond donors (Lipinski definition) is 2. The van der Waals surface area contributed by atoms with Gasteiger partial charge in [-0.1, -0.05) is 6.07 Å². The van der Waals surface area contributed by atoms with E-state index in [0.29, 0.717) is 4.88 Å². The van der Waals surface area contributed by atoms with E-state index in [1.165, 1.54) is 22.7 Å². The van der Waals surface area contributed by atoms with Gasteiger partial charge in [-0.05, 0) is 49.4 Å². The van der Waals surface area contributed by atoms with Crippen LogP contribution in [-0.4, -0.2) is 17.0 Å². The Kier molecular flexibility index (Phi) is 5.36. The van der Waals surface area contributed by atoms with Gasteiger partial charge in [0.1, 0.15) is 0 Å². The number of nitrogens with one attached hydrogen (secondary N) is 1. The Morgan fingerprint density at radius 2 is 2.15 bits per heavy atom. The van der Waals surface area contributed by atoms with E-state index in [-0.39, 0.29) is 12.3 Å². The highest BCUT2D eigenvalue weighted by Gasteiger charge is 2.21. The third-order valence-electron chi connectivity index (χ3n) is 2.44. The SMILES string of the molecule is O=C(O)CC(NC(=O)c1cc(Br)c(Br)s1)c1cccs1. The maximum Gasteiger partial charge on any atom is 0.305 e. The van der Waals surface area contributed by atoms with Crippen molar-refractivity contribution < 1.29 is 14.7 Å². The van der Waals surface area contributed by atoms with Crippen molar-refractivity contribution in [2.75, 3.05) is 0 Å². The molecule has 0 radical (unpaired) electrons. The number of amides is 1. The zero-order chi connectivity index (χ0) is 14.7. The molecule has 0 aliphatic rings. The van der Waals surface area contributed by atoms with E-state index in [1.807, 2.05) is 17.5 Å². The Bertz CT molecular complexity index is 605. The van der Waals surface area contributed by atoms with Crippen LogP contribution >= 0.6 is 54.5 Å². The van der Waals surface area contributed by atoms with E-state index >= 15 is 0 Å². The van der Waals surface area contributed by atoms with Crippen LogP contribution in [0.1, 0.15) is 27.0 Å². The summed E-state index contributed by atoms with van der Waals surface area (Å²) < 4.78 is 1.63. The second-order valence-electron chi connectivity index (χ2n) is 3.87. The van der Waals surface area contributed by atoms with Crippen LogP contribution in [0.2, 0.25) is 0 Å². The quantitative estimate of drug-likeness (QED) is 0.731. The van der Waals surface area contributed by atoms with Crippen molar-refractivity contribution in [3.8, 4) is 0 Å². The molecule has 0 aliphatic carbocycles. The number of aliphatic carboxylic acids is 1. The summed E-state index contributed by atoms with van der Waals surface area (Å²) in [7, 11) is 0. The van der Waals surface area contributed by atoms with Crippen molar-refractivity contribution in [2.45, 2.75) is 12.5 Å². The highest BCUT2D eigenvalue weighted by Crippen LogP contribution is 2.33. The summed E-state index contributed by atoms with van der Waals surface area (Å²) in [6, 6.07) is 4.84. The minimum Gasteiger partial charge on any atom is -0.481 e. The topological polar surface area (TPSA) is 66.4 Å². The van der Waals surface area contributed by atoms with E-state index in [9.17, 15) is 9.59 Å². The van der Waals surface area contributed by atoms with Gasteiger partial charge < -0.3 is 10.4 Å². The van der Waals surface area contributed by atoms with Gasteiger partial charge in [-0.2, -0.15) is 0 Å². The molecule has 106 valence electrons. The monoisotopic (exact) mass is 437 g/mol. The highest BCUT2D eigenvalue weighted by molar-refractivity contribution is 9.13. The minimum absolute atomic E-state index is 0.139. The number of hydrogen-bond acceptors (Lipinski definition) is 4. The van der Waals surface area contributed by atoms with Gasteiger partial charge in [0, 0.05) is 9.35 Å². The lowest BCUT2D eigenvalue weighted by Gasteiger charge is -2.14. The maximum atomic E-state index is 12.2. The molecule has 20 heavy (non-hydrogen) atoms. The lowest BCUT2D eigenvalue weighted by atomic mass is 10.1. The van der Waals surface area contributed by atoms with Crippen molar-refractivity contribution >= 4 is 66.4 Å². The smallest absolute Gasteiger partial charge is 0.305 e. The van der Waals surface area contributed by atoms with Gasteiger partial charge in [0.15, 0.2) is 0 Å². The molecule has 0 spiro atoms. The number of rotatable bonds is 5. The average Bonchev–Trinajstić information content (AvgIpc) is 2.99. The molecular formula is C12H9Br2NO3S2. The largest absolute Gasteiger partial charge is 0.481 e. The molecule has 1 atom stereocenters. The maximum absolute atomic E-state index is 12.2. The number of carboxylic acids is 1. The first-order valence-electron chi connectivity index (χ1n) is 5.48. The van der Waals surface area contributed by atoms with E-state index < -0.39 is 12.0 Å². The van der Waals surface area contributed by atoms with Gasteiger partial charge in [-0.15, -0.1) is 22.7 Å². The minimum atomic E-state index is -0.947. The Hall–Kier alpha value is -0.700. The van der Waals surface area contributed by atoms with Crippen LogP contribution in [0, 0.1) is 0 Å². The second kappa shape index (κ2) is 6.84. The molecule has 1 unspecified atom stereocenters. The number of carbonyl (C=O) groups excluding carboxylic acids is 1. The number of halogens is 2. The lowest BCUT2D eigenvalue weighted by Crippen LogP contribution is -2.29. The van der Waals surface area contributed by atoms with E-state index in [0.717, 1.165) is 13.1 Å². The number of thiophene rings is 2. The zero-order valence-electron chi connectivity index (χ0n) is 9.93. The van der Waals surface area contributed by atoms with Crippen LogP contribution < -0.4 is 5.32 Å². The predicted octanol–water partition coefficient (Wildman–Crippen LogP) is 4.28. The third-order valence-corrected chi connectivity index (χ3v) is 6.68. The van der Waals surface area contributed by atoms with Crippen LogP contribution in [0.3, 0.4) is 0 Å². The summed E-state index contributed by atoms with van der Waals surface area (Å²) in [5.41, 5.74) is 0. The molecule has 0 saturated heterocycles. The van der Waals surface area contributed by atoms with Crippen molar-refractivity contribution in [3.05, 3.63) is 41.6 Å². The molecule has 4 nitrogen and oxygen atoms in total. The van der Waals surface area contributed by atoms with Crippen LogP contribution in [0.25, 0.3) is 0 Å². The fourth-order valence-electron chi connectivity index (χ4n) is 1.57. The van der Waals surface area contributed by atoms with Gasteiger partial charge >= 0.3 is 5.97 Å². The van der Waals surface area contributed by atoms with Gasteiger partial charge in [0.05, 0.1) is 21.1 Å². The van der Waals surface area contributed by atoms with E-state index in [1.54, 1.807) is 6.07 Å². The summed E-state index contributed by atoms with van der Waals surface area (Å²) in [6.45, 7) is 0. The molecule has 1 amide bonds. The predicted molar refractivity (Wildman–Crippen MR) is 86.5 cm³/mol. The molecule has 2 N–H and O–H groups in total. The Labute approximate surface area is 140 Å². The molecule has 0 bridgehead atoms. The summed E-state index contributed by atoms with van der Waals surface area (Å²) in [5, 5.41) is 13.6. The van der Waals surface area contributed by atoms with Gasteiger partial charge in [0.2, 0.25) is 0 Å². The highest BCUT2D eigenvalue weighted by atomic mass is 79.9. The Balaban J connectivity index is 2.15. The average molecular weight is 439 g/mol. The fourth-order valence-corrected chi connectivity index (χ4v) is 4.29. The third kappa shape index (κ3) is 3.91. The summed E-state index contributed by atoms with van der Waals surface area (Å²) >= 11 is 9.37. The lowest BCUT2D eigenvalue weighted by molar-refractivity contribution is -0.137. The second-order valence-corrected chi connectivity index (χ2v) is 8.08. The van der Waals surface area contributed by atoms with E-state index in [4.69, 9.17) is 5.11 Å². The summed E-state index contributed by atoms with van der Waals surface area (Å²) in [5.74, 6) is -1.22. The Morgan fingerprint density at radius 3 is 2.65 bits per heavy atom. The Morgan fingerprint density at radius 1 is 1.40 bits per heavy atom. The van der Waals surface area contributed by atoms with Crippen molar-refractivity contribution in [3.63, 3.8) is 0 Å².